The van der Waals surface area contributed by atoms with E-state index in [1.165, 1.54) is 112 Å². The Bertz CT molecular complexity index is 1040. The van der Waals surface area contributed by atoms with Crippen LogP contribution in [-0.2, 0) is 13.0 Å². The van der Waals surface area contributed by atoms with Gasteiger partial charge in [-0.1, -0.05) is 127 Å². The predicted molar refractivity (Wildman–Crippen MR) is 172 cm³/mol. The second kappa shape index (κ2) is 21.4. The fourth-order valence-electron chi connectivity index (χ4n) is 5.96. The summed E-state index contributed by atoms with van der Waals surface area (Å²) in [5, 5.41) is 0.855. The van der Waals surface area contributed by atoms with Crippen LogP contribution in [-0.4, -0.2) is 30.5 Å². The summed E-state index contributed by atoms with van der Waals surface area (Å²) < 4.78 is 14.8. The Hall–Kier alpha value is -1.27. The third-order valence-electron chi connectivity index (χ3n) is 8.35. The summed E-state index contributed by atoms with van der Waals surface area (Å²) in [7, 11) is 1.76. The minimum absolute atomic E-state index is 0. The molecule has 230 valence electrons. The van der Waals surface area contributed by atoms with Crippen molar-refractivity contribution < 1.29 is 38.0 Å². The van der Waals surface area contributed by atoms with Gasteiger partial charge in [0.05, 0.1) is 18.7 Å². The number of rotatable bonds is 21. The summed E-state index contributed by atoms with van der Waals surface area (Å²) in [4.78, 5) is 0. The van der Waals surface area contributed by atoms with E-state index in [1.807, 2.05) is 12.1 Å². The molecule has 5 heteroatoms. The second-order valence-corrected chi connectivity index (χ2v) is 11.9. The monoisotopic (exact) mass is 695 g/mol. The molecule has 0 aromatic heterocycles. The molecule has 0 saturated carbocycles. The lowest BCUT2D eigenvalue weighted by atomic mass is 9.91. The van der Waals surface area contributed by atoms with Crippen molar-refractivity contribution in [2.24, 2.45) is 0 Å². The molecule has 0 aliphatic carbocycles. The number of benzene rings is 2. The number of nitrogens with zero attached hydrogens (tertiary/aromatic N) is 1. The van der Waals surface area contributed by atoms with Gasteiger partial charge in [0.15, 0.2) is 23.8 Å². The van der Waals surface area contributed by atoms with E-state index in [1.54, 1.807) is 7.11 Å². The topological polar surface area (TPSA) is 21.5 Å². The predicted octanol–water partition coefficient (Wildman–Crippen LogP) is 7.57. The van der Waals surface area contributed by atoms with Crippen LogP contribution in [0.5, 0.6) is 11.5 Å². The van der Waals surface area contributed by atoms with Gasteiger partial charge in [-0.2, -0.15) is 0 Å². The molecule has 0 fully saturated rings. The van der Waals surface area contributed by atoms with Crippen LogP contribution in [0.2, 0.25) is 5.02 Å². The molecule has 1 aliphatic heterocycles. The zero-order valence-electron chi connectivity index (χ0n) is 26.1. The smallest absolute Gasteiger partial charge is 0.184 e. The number of fused-ring (bicyclic) bond motifs is 1. The molecule has 0 radical (unpaired) electrons. The Kier molecular flexibility index (Phi) is 18.8. The standard InChI is InChI=1S/C36H55ClNO2.HI/c1-4-6-8-10-12-13-14-15-17-23-34-31-24-25-35(39-3)36(40-28-20-16-11-9-7-5-2)32(31)26-27-38(34)29-30-21-18-19-22-33(30)37;/h18-19,21-22,24-25H,4-17,20,23,26-29H2,1-3H3;1H/q+1;/p-1. The highest BCUT2D eigenvalue weighted by atomic mass is 127. The van der Waals surface area contributed by atoms with E-state index in [0.717, 1.165) is 55.5 Å². The van der Waals surface area contributed by atoms with Crippen LogP contribution in [0.25, 0.3) is 0 Å². The first-order valence-corrected chi connectivity index (χ1v) is 16.7. The molecule has 0 saturated heterocycles. The maximum Gasteiger partial charge on any atom is 0.184 e. The molecular weight excluding hydrogens is 641 g/mol. The largest absolute Gasteiger partial charge is 1.00 e. The van der Waals surface area contributed by atoms with Crippen molar-refractivity contribution in [2.75, 3.05) is 20.3 Å². The molecule has 1 aliphatic rings. The summed E-state index contributed by atoms with van der Waals surface area (Å²) in [6.45, 7) is 7.15. The maximum atomic E-state index is 6.60. The average molecular weight is 696 g/mol. The lowest BCUT2D eigenvalue weighted by Crippen LogP contribution is -3.00. The Labute approximate surface area is 273 Å². The number of methoxy groups -OCH3 is 1. The third-order valence-corrected chi connectivity index (χ3v) is 8.72. The van der Waals surface area contributed by atoms with E-state index in [9.17, 15) is 0 Å². The van der Waals surface area contributed by atoms with E-state index in [2.05, 4.69) is 42.7 Å². The molecule has 1 heterocycles. The third kappa shape index (κ3) is 12.1. The quantitative estimate of drug-likeness (QED) is 0.0764. The van der Waals surface area contributed by atoms with Crippen molar-refractivity contribution in [3.05, 3.63) is 58.1 Å². The Morgan fingerprint density at radius 1 is 0.756 bits per heavy atom. The van der Waals surface area contributed by atoms with Crippen molar-refractivity contribution in [1.82, 2.24) is 0 Å². The molecular formula is C36H55ClINO2. The number of unbranched alkanes of at least 4 members (excludes halogenated alkanes) is 13. The molecule has 2 aromatic carbocycles. The van der Waals surface area contributed by atoms with Gasteiger partial charge in [0.1, 0.15) is 6.54 Å². The fourth-order valence-corrected chi connectivity index (χ4v) is 6.15. The Morgan fingerprint density at radius 2 is 1.37 bits per heavy atom. The maximum absolute atomic E-state index is 6.60. The van der Waals surface area contributed by atoms with E-state index in [4.69, 9.17) is 21.1 Å². The zero-order chi connectivity index (χ0) is 28.4. The van der Waals surface area contributed by atoms with Gasteiger partial charge in [0.25, 0.3) is 0 Å². The van der Waals surface area contributed by atoms with Gasteiger partial charge >= 0.3 is 0 Å². The summed E-state index contributed by atoms with van der Waals surface area (Å²) in [5.41, 5.74) is 5.31. The van der Waals surface area contributed by atoms with Gasteiger partial charge in [0, 0.05) is 29.5 Å². The molecule has 3 nitrogen and oxygen atoms in total. The lowest BCUT2D eigenvalue weighted by Gasteiger charge is -2.23. The molecule has 0 bridgehead atoms. The van der Waals surface area contributed by atoms with Crippen molar-refractivity contribution in [3.8, 4) is 11.5 Å². The number of ether oxygens (including phenoxy) is 2. The van der Waals surface area contributed by atoms with Crippen LogP contribution in [0.15, 0.2) is 36.4 Å². The fraction of sp³-hybridized carbons (Fsp3) is 0.639. The van der Waals surface area contributed by atoms with Gasteiger partial charge in [-0.3, -0.25) is 0 Å². The molecule has 0 spiro atoms. The first kappa shape index (κ1) is 35.9. The van der Waals surface area contributed by atoms with Crippen LogP contribution in [0.3, 0.4) is 0 Å². The van der Waals surface area contributed by atoms with Gasteiger partial charge in [-0.15, -0.1) is 0 Å². The van der Waals surface area contributed by atoms with E-state index in [0.29, 0.717) is 0 Å². The van der Waals surface area contributed by atoms with Crippen LogP contribution in [0.1, 0.15) is 133 Å². The normalized spacial score (nSPS) is 12.7. The van der Waals surface area contributed by atoms with E-state index < -0.39 is 0 Å². The minimum Gasteiger partial charge on any atom is -1.00 e. The molecule has 0 amide bonds. The zero-order valence-corrected chi connectivity index (χ0v) is 29.0. The van der Waals surface area contributed by atoms with Crippen LogP contribution in [0, 0.1) is 0 Å². The SMILES string of the molecule is CCCCCCCCCCCC1=[N+](Cc2ccccc2Cl)CCc2c1ccc(OC)c2OCCCCCCCC.[I-]. The first-order valence-electron chi connectivity index (χ1n) is 16.4. The molecule has 0 N–H and O–H groups in total. The highest BCUT2D eigenvalue weighted by Gasteiger charge is 2.30. The number of hydrogen-bond acceptors (Lipinski definition) is 2. The first-order chi connectivity index (χ1) is 19.7. The van der Waals surface area contributed by atoms with Gasteiger partial charge in [0.2, 0.25) is 0 Å². The van der Waals surface area contributed by atoms with Gasteiger partial charge in [-0.25, -0.2) is 4.58 Å². The van der Waals surface area contributed by atoms with Crippen LogP contribution in [0.4, 0.5) is 0 Å². The highest BCUT2D eigenvalue weighted by Crippen LogP contribution is 2.37. The molecule has 0 unspecified atom stereocenters. The summed E-state index contributed by atoms with van der Waals surface area (Å²) in [6, 6.07) is 12.7. The molecule has 0 atom stereocenters. The Balaban J connectivity index is 0.00000588. The van der Waals surface area contributed by atoms with Gasteiger partial charge in [-0.05, 0) is 31.0 Å². The van der Waals surface area contributed by atoms with Crippen LogP contribution < -0.4 is 33.5 Å². The van der Waals surface area contributed by atoms with Crippen molar-refractivity contribution in [1.29, 1.82) is 0 Å². The average Bonchev–Trinajstić information content (AvgIpc) is 2.97. The summed E-state index contributed by atoms with van der Waals surface area (Å²) in [6.07, 6.45) is 21.8. The van der Waals surface area contributed by atoms with E-state index >= 15 is 0 Å². The molecule has 3 rings (SSSR count). The summed E-state index contributed by atoms with van der Waals surface area (Å²) >= 11 is 6.60. The number of hydrogen-bond donors (Lipinski definition) is 0. The molecule has 41 heavy (non-hydrogen) atoms. The number of halogens is 2. The lowest BCUT2D eigenvalue weighted by molar-refractivity contribution is -0.545. The highest BCUT2D eigenvalue weighted by molar-refractivity contribution is 6.31. The van der Waals surface area contributed by atoms with E-state index in [-0.39, 0.29) is 24.0 Å². The van der Waals surface area contributed by atoms with Crippen molar-refractivity contribution in [2.45, 2.75) is 130 Å². The summed E-state index contributed by atoms with van der Waals surface area (Å²) in [5.74, 6) is 1.84. The van der Waals surface area contributed by atoms with Crippen LogP contribution >= 0.6 is 11.6 Å². The van der Waals surface area contributed by atoms with Crippen molar-refractivity contribution in [3.63, 3.8) is 0 Å². The minimum atomic E-state index is 0. The second-order valence-electron chi connectivity index (χ2n) is 11.5. The Morgan fingerprint density at radius 3 is 2.00 bits per heavy atom. The van der Waals surface area contributed by atoms with Gasteiger partial charge < -0.3 is 33.5 Å². The van der Waals surface area contributed by atoms with Crippen molar-refractivity contribution >= 4 is 17.3 Å². The molecule has 2 aromatic rings.